The Labute approximate surface area is 394 Å². The van der Waals surface area contributed by atoms with E-state index in [2.05, 4.69) is 48.5 Å². The minimum Gasteiger partial charge on any atom is -0.347 e. The van der Waals surface area contributed by atoms with Gasteiger partial charge in [0, 0.05) is 12.8 Å². The maximum absolute atomic E-state index is 7.75. The quantitative estimate of drug-likeness (QED) is 0.0448. The van der Waals surface area contributed by atoms with Crippen molar-refractivity contribution in [1.29, 1.82) is 0 Å². The molecule has 0 bridgehead atoms. The van der Waals surface area contributed by atoms with Crippen molar-refractivity contribution in [3.05, 3.63) is 0 Å². The molecule has 62 heavy (non-hydrogen) atoms. The molecule has 3 atom stereocenters. The Kier molecular flexibility index (Phi) is 50.3. The van der Waals surface area contributed by atoms with Crippen LogP contribution in [-0.4, -0.2) is 18.0 Å². The molecule has 0 aliphatic rings. The third-order valence-electron chi connectivity index (χ3n) is 14.5. The van der Waals surface area contributed by atoms with E-state index in [1.807, 2.05) is 0 Å². The number of hydrogen-bond acceptors (Lipinski definition) is 2. The van der Waals surface area contributed by atoms with Crippen LogP contribution in [0.1, 0.15) is 363 Å². The lowest BCUT2D eigenvalue weighted by molar-refractivity contribution is -0.290. The molecule has 0 rings (SSSR count). The van der Waals surface area contributed by atoms with E-state index in [-0.39, 0.29) is 0 Å². The number of ether oxygens (including phenoxy) is 2. The highest BCUT2D eigenvalue weighted by Gasteiger charge is 2.37. The van der Waals surface area contributed by atoms with Crippen molar-refractivity contribution in [1.82, 2.24) is 0 Å². The van der Waals surface area contributed by atoms with Crippen LogP contribution in [0, 0.1) is 5.92 Å². The van der Waals surface area contributed by atoms with Crippen LogP contribution in [0.4, 0.5) is 0 Å². The van der Waals surface area contributed by atoms with Crippen molar-refractivity contribution in [2.75, 3.05) is 0 Å². The topological polar surface area (TPSA) is 18.5 Å². The first-order chi connectivity index (χ1) is 30.5. The van der Waals surface area contributed by atoms with Crippen LogP contribution < -0.4 is 0 Å². The molecule has 2 heteroatoms. The van der Waals surface area contributed by atoms with Gasteiger partial charge in [-0.05, 0) is 44.4 Å². The van der Waals surface area contributed by atoms with Gasteiger partial charge in [0.05, 0.1) is 12.2 Å². The molecule has 0 aromatic heterocycles. The second kappa shape index (κ2) is 50.3. The van der Waals surface area contributed by atoms with Gasteiger partial charge < -0.3 is 9.47 Å². The van der Waals surface area contributed by atoms with Gasteiger partial charge in [-0.3, -0.25) is 0 Å². The molecule has 0 aromatic carbocycles. The lowest BCUT2D eigenvalue weighted by Crippen LogP contribution is -2.43. The van der Waals surface area contributed by atoms with Gasteiger partial charge in [0.2, 0.25) is 0 Å². The summed E-state index contributed by atoms with van der Waals surface area (Å²) in [5.74, 6) is 0.391. The van der Waals surface area contributed by atoms with E-state index >= 15 is 0 Å². The van der Waals surface area contributed by atoms with Crippen LogP contribution in [-0.2, 0) is 9.47 Å². The minimum atomic E-state index is -0.408. The summed E-state index contributed by atoms with van der Waals surface area (Å²) < 4.78 is 15.5. The van der Waals surface area contributed by atoms with Gasteiger partial charge >= 0.3 is 0 Å². The van der Waals surface area contributed by atoms with E-state index in [1.165, 1.54) is 302 Å². The average Bonchev–Trinajstić information content (AvgIpc) is 3.26. The Morgan fingerprint density at radius 3 is 0.758 bits per heavy atom. The van der Waals surface area contributed by atoms with E-state index in [1.54, 1.807) is 0 Å². The minimum absolute atomic E-state index is 0.347. The van der Waals surface area contributed by atoms with Crippen molar-refractivity contribution in [3.8, 4) is 0 Å². The molecule has 0 aromatic rings. The molecule has 0 aliphatic heterocycles. The molecular weight excluding hydrogens is 753 g/mol. The highest BCUT2D eigenvalue weighted by Crippen LogP contribution is 2.36. The predicted octanol–water partition coefficient (Wildman–Crippen LogP) is 22.3. The maximum atomic E-state index is 7.75. The van der Waals surface area contributed by atoms with Crippen LogP contribution >= 0.6 is 0 Å². The number of hydrogen-bond donors (Lipinski definition) is 0. The predicted molar refractivity (Wildman–Crippen MR) is 282 cm³/mol. The van der Waals surface area contributed by atoms with E-state index in [4.69, 9.17) is 9.47 Å². The summed E-state index contributed by atoms with van der Waals surface area (Å²) in [6.45, 7) is 16.6. The first-order valence-electron chi connectivity index (χ1n) is 29.9. The standard InChI is InChI=1S/C60H122O2/c1-8-14-19-23-27-29-31-33-37-41-45-53-58(51-43-39-35-25-21-16-10-3)61-60(55-47-18-12-5,56-48-50-57(7)49-13-6)62-59(52-44-40-36-26-22-17-11-4)54-46-42-38-34-32-30-28-24-20-15-9-2/h57-59H,8-56H2,1-7H3. The van der Waals surface area contributed by atoms with Crippen molar-refractivity contribution in [3.63, 3.8) is 0 Å². The molecule has 0 amide bonds. The summed E-state index contributed by atoms with van der Waals surface area (Å²) in [4.78, 5) is 0. The van der Waals surface area contributed by atoms with Crippen molar-refractivity contribution in [2.24, 2.45) is 5.92 Å². The van der Waals surface area contributed by atoms with E-state index in [0.717, 1.165) is 18.8 Å². The van der Waals surface area contributed by atoms with Crippen molar-refractivity contribution >= 4 is 0 Å². The molecule has 0 radical (unpaired) electrons. The molecule has 3 unspecified atom stereocenters. The molecule has 374 valence electrons. The Morgan fingerprint density at radius 2 is 0.484 bits per heavy atom. The highest BCUT2D eigenvalue weighted by atomic mass is 16.7. The van der Waals surface area contributed by atoms with Crippen LogP contribution in [0.2, 0.25) is 0 Å². The largest absolute Gasteiger partial charge is 0.347 e. The summed E-state index contributed by atoms with van der Waals surface area (Å²) in [7, 11) is 0. The van der Waals surface area contributed by atoms with Gasteiger partial charge in [-0.25, -0.2) is 0 Å². The normalized spacial score (nSPS) is 14.4. The zero-order valence-corrected chi connectivity index (χ0v) is 44.7. The summed E-state index contributed by atoms with van der Waals surface area (Å²) in [5, 5.41) is 0. The first kappa shape index (κ1) is 61.9. The SMILES string of the molecule is CCCCCCCCCCCCCC(CCCCCCCCC)OC(CCCCC)(CCCC(C)CCC)OC(CCCCCCCCC)CCCCCCCCCCCCC. The molecule has 0 saturated heterocycles. The van der Waals surface area contributed by atoms with Gasteiger partial charge in [-0.1, -0.05) is 312 Å². The lowest BCUT2D eigenvalue weighted by atomic mass is 9.93. The Bertz CT molecular complexity index is 759. The van der Waals surface area contributed by atoms with Gasteiger partial charge in [-0.2, -0.15) is 0 Å². The number of rotatable bonds is 54. The molecule has 0 aliphatic carbocycles. The second-order valence-corrected chi connectivity index (χ2v) is 21.1. The maximum Gasteiger partial charge on any atom is 0.169 e. The fourth-order valence-corrected chi connectivity index (χ4v) is 10.3. The third kappa shape index (κ3) is 42.5. The Morgan fingerprint density at radius 1 is 0.242 bits per heavy atom. The van der Waals surface area contributed by atoms with Crippen LogP contribution in [0.3, 0.4) is 0 Å². The zero-order valence-electron chi connectivity index (χ0n) is 44.7. The van der Waals surface area contributed by atoms with Gasteiger partial charge in [0.15, 0.2) is 5.79 Å². The third-order valence-corrected chi connectivity index (χ3v) is 14.5. The van der Waals surface area contributed by atoms with Crippen molar-refractivity contribution < 1.29 is 9.47 Å². The fraction of sp³-hybridized carbons (Fsp3) is 1.00. The molecular formula is C60H122O2. The van der Waals surface area contributed by atoms with Crippen LogP contribution in [0.25, 0.3) is 0 Å². The van der Waals surface area contributed by atoms with Crippen LogP contribution in [0.15, 0.2) is 0 Å². The molecule has 0 heterocycles. The van der Waals surface area contributed by atoms with Gasteiger partial charge in [-0.15, -0.1) is 0 Å². The molecule has 0 saturated carbocycles. The average molecular weight is 876 g/mol. The molecule has 2 nitrogen and oxygen atoms in total. The Balaban J connectivity index is 6.03. The highest BCUT2D eigenvalue weighted by molar-refractivity contribution is 4.78. The van der Waals surface area contributed by atoms with E-state index in [9.17, 15) is 0 Å². The smallest absolute Gasteiger partial charge is 0.169 e. The molecule has 0 spiro atoms. The van der Waals surface area contributed by atoms with Gasteiger partial charge in [0.1, 0.15) is 0 Å². The Hall–Kier alpha value is -0.0800. The summed E-state index contributed by atoms with van der Waals surface area (Å²) in [6.07, 6.45) is 67.3. The fourth-order valence-electron chi connectivity index (χ4n) is 10.3. The monoisotopic (exact) mass is 875 g/mol. The summed E-state index contributed by atoms with van der Waals surface area (Å²) in [5.41, 5.74) is 0. The second-order valence-electron chi connectivity index (χ2n) is 21.1. The lowest BCUT2D eigenvalue weighted by Gasteiger charge is -2.41. The summed E-state index contributed by atoms with van der Waals surface area (Å²) >= 11 is 0. The van der Waals surface area contributed by atoms with Crippen molar-refractivity contribution in [2.45, 2.75) is 381 Å². The zero-order chi connectivity index (χ0) is 45.3. The van der Waals surface area contributed by atoms with Crippen LogP contribution in [0.5, 0.6) is 0 Å². The van der Waals surface area contributed by atoms with E-state index < -0.39 is 5.79 Å². The molecule has 0 N–H and O–H groups in total. The first-order valence-corrected chi connectivity index (χ1v) is 29.9. The number of unbranched alkanes of at least 4 members (excludes halogenated alkanes) is 34. The van der Waals surface area contributed by atoms with Gasteiger partial charge in [0.25, 0.3) is 0 Å². The summed E-state index contributed by atoms with van der Waals surface area (Å²) in [6, 6.07) is 0. The van der Waals surface area contributed by atoms with E-state index in [0.29, 0.717) is 12.2 Å². The molecule has 0 fully saturated rings.